The zero-order valence-electron chi connectivity index (χ0n) is 11.9. The van der Waals surface area contributed by atoms with Crippen LogP contribution in [0.25, 0.3) is 33.3 Å². The minimum Gasteiger partial charge on any atom is -0.481 e. The fraction of sp³-hybridized carbons (Fsp3) is 0.0588. The molecule has 108 valence electrons. The Bertz CT molecular complexity index is 928. The lowest BCUT2D eigenvalue weighted by Crippen LogP contribution is -1.90. The zero-order chi connectivity index (χ0) is 14.9. The highest BCUT2D eigenvalue weighted by Gasteiger charge is 2.16. The number of fused-ring (bicyclic) bond motifs is 1. The molecule has 0 saturated carbocycles. The largest absolute Gasteiger partial charge is 0.481 e. The molecular weight excluding hydrogens is 294 g/mol. The van der Waals surface area contributed by atoms with Crippen LogP contribution >= 0.6 is 11.3 Å². The molecule has 4 aromatic heterocycles. The van der Waals surface area contributed by atoms with Crippen molar-refractivity contribution in [2.75, 3.05) is 7.11 Å². The van der Waals surface area contributed by atoms with Crippen molar-refractivity contribution in [1.82, 2.24) is 15.0 Å². The summed E-state index contributed by atoms with van der Waals surface area (Å²) >= 11 is 1.69. The molecule has 0 amide bonds. The maximum Gasteiger partial charge on any atom is 0.221 e. The molecule has 4 nitrogen and oxygen atoms in total. The Balaban J connectivity index is 2.04. The minimum atomic E-state index is 0.614. The van der Waals surface area contributed by atoms with Crippen molar-refractivity contribution in [3.05, 3.63) is 53.6 Å². The number of nitrogens with one attached hydrogen (secondary N) is 1. The van der Waals surface area contributed by atoms with Gasteiger partial charge in [-0.3, -0.25) is 0 Å². The summed E-state index contributed by atoms with van der Waals surface area (Å²) in [6.45, 7) is 0. The van der Waals surface area contributed by atoms with Gasteiger partial charge < -0.3 is 9.72 Å². The number of nitrogens with zero attached hydrogens (tertiary/aromatic N) is 2. The van der Waals surface area contributed by atoms with Crippen LogP contribution < -0.4 is 4.74 Å². The van der Waals surface area contributed by atoms with Crippen LogP contribution in [0.3, 0.4) is 0 Å². The topological polar surface area (TPSA) is 50.8 Å². The monoisotopic (exact) mass is 307 g/mol. The van der Waals surface area contributed by atoms with Crippen LogP contribution in [0.15, 0.2) is 53.6 Å². The van der Waals surface area contributed by atoms with E-state index in [1.54, 1.807) is 24.6 Å². The third-order valence-corrected chi connectivity index (χ3v) is 4.34. The highest BCUT2D eigenvalue weighted by atomic mass is 32.1. The molecule has 0 bridgehead atoms. The average molecular weight is 307 g/mol. The number of hydrogen-bond acceptors (Lipinski definition) is 4. The zero-order valence-corrected chi connectivity index (χ0v) is 12.7. The molecule has 0 radical (unpaired) electrons. The molecule has 4 heterocycles. The number of ether oxygens (including phenoxy) is 1. The van der Waals surface area contributed by atoms with E-state index in [4.69, 9.17) is 4.74 Å². The second kappa shape index (κ2) is 5.27. The molecule has 0 aromatic carbocycles. The molecule has 0 unspecified atom stereocenters. The SMILES string of the molecule is COc1ncccc1-c1c[nH]c2nccc(-c3ccsc3)c12. The number of thiophene rings is 1. The summed E-state index contributed by atoms with van der Waals surface area (Å²) in [5.41, 5.74) is 5.23. The number of hydrogen-bond donors (Lipinski definition) is 1. The third-order valence-electron chi connectivity index (χ3n) is 3.66. The van der Waals surface area contributed by atoms with Gasteiger partial charge in [0.25, 0.3) is 0 Å². The number of rotatable bonds is 3. The summed E-state index contributed by atoms with van der Waals surface area (Å²) in [6.07, 6.45) is 5.53. The van der Waals surface area contributed by atoms with Gasteiger partial charge in [0.1, 0.15) is 5.65 Å². The second-order valence-electron chi connectivity index (χ2n) is 4.86. The first kappa shape index (κ1) is 13.0. The standard InChI is InChI=1S/C17H13N3OS/c1-21-17-13(3-2-6-19-17)14-9-20-16-15(14)12(4-7-18-16)11-5-8-22-10-11/h2-10H,1H3,(H,18,20). The molecule has 4 rings (SSSR count). The van der Waals surface area contributed by atoms with E-state index in [0.717, 1.165) is 27.7 Å². The molecule has 0 spiro atoms. The van der Waals surface area contributed by atoms with E-state index in [-0.39, 0.29) is 0 Å². The number of H-pyrrole nitrogens is 1. The highest BCUT2D eigenvalue weighted by Crippen LogP contribution is 2.38. The van der Waals surface area contributed by atoms with E-state index >= 15 is 0 Å². The summed E-state index contributed by atoms with van der Waals surface area (Å²) in [4.78, 5) is 12.0. The van der Waals surface area contributed by atoms with Crippen molar-refractivity contribution in [2.24, 2.45) is 0 Å². The van der Waals surface area contributed by atoms with Crippen LogP contribution in [0.5, 0.6) is 5.88 Å². The van der Waals surface area contributed by atoms with E-state index in [9.17, 15) is 0 Å². The molecule has 1 N–H and O–H groups in total. The lowest BCUT2D eigenvalue weighted by Gasteiger charge is -2.08. The third kappa shape index (κ3) is 1.98. The fourth-order valence-corrected chi connectivity index (χ4v) is 3.34. The van der Waals surface area contributed by atoms with E-state index in [1.807, 2.05) is 30.6 Å². The summed E-state index contributed by atoms with van der Waals surface area (Å²) in [7, 11) is 1.64. The van der Waals surface area contributed by atoms with Crippen molar-refractivity contribution >= 4 is 22.4 Å². The predicted octanol–water partition coefficient (Wildman–Crippen LogP) is 4.36. The van der Waals surface area contributed by atoms with Gasteiger partial charge in [0.2, 0.25) is 5.88 Å². The van der Waals surface area contributed by atoms with E-state index < -0.39 is 0 Å². The predicted molar refractivity (Wildman–Crippen MR) is 89.2 cm³/mol. The summed E-state index contributed by atoms with van der Waals surface area (Å²) < 4.78 is 5.41. The number of aromatic nitrogens is 3. The Morgan fingerprint density at radius 2 is 2.00 bits per heavy atom. The maximum atomic E-state index is 5.41. The Kier molecular flexibility index (Phi) is 3.12. The Morgan fingerprint density at radius 1 is 1.05 bits per heavy atom. The molecule has 0 fully saturated rings. The van der Waals surface area contributed by atoms with Gasteiger partial charge in [0.05, 0.1) is 7.11 Å². The van der Waals surface area contributed by atoms with Crippen LogP contribution in [0, 0.1) is 0 Å². The Morgan fingerprint density at radius 3 is 2.82 bits per heavy atom. The molecule has 0 aliphatic carbocycles. The first-order valence-electron chi connectivity index (χ1n) is 6.86. The minimum absolute atomic E-state index is 0.614. The Labute approximate surface area is 131 Å². The van der Waals surface area contributed by atoms with Crippen LogP contribution in [0.2, 0.25) is 0 Å². The lowest BCUT2D eigenvalue weighted by atomic mass is 10.0. The van der Waals surface area contributed by atoms with Crippen LogP contribution in [0.1, 0.15) is 0 Å². The average Bonchev–Trinajstić information content (AvgIpc) is 3.24. The lowest BCUT2D eigenvalue weighted by molar-refractivity contribution is 0.400. The molecular formula is C17H13N3OS. The summed E-state index contributed by atoms with van der Waals surface area (Å²) in [5.74, 6) is 0.614. The molecule has 0 atom stereocenters. The first-order chi connectivity index (χ1) is 10.9. The van der Waals surface area contributed by atoms with Crippen molar-refractivity contribution in [3.63, 3.8) is 0 Å². The van der Waals surface area contributed by atoms with Gasteiger partial charge in [-0.05, 0) is 46.2 Å². The van der Waals surface area contributed by atoms with Gasteiger partial charge in [-0.15, -0.1) is 0 Å². The molecule has 5 heteroatoms. The molecule has 0 saturated heterocycles. The fourth-order valence-electron chi connectivity index (χ4n) is 2.69. The molecule has 0 aliphatic heterocycles. The van der Waals surface area contributed by atoms with Crippen molar-refractivity contribution in [2.45, 2.75) is 0 Å². The van der Waals surface area contributed by atoms with Gasteiger partial charge in [-0.1, -0.05) is 0 Å². The molecule has 22 heavy (non-hydrogen) atoms. The van der Waals surface area contributed by atoms with E-state index in [0.29, 0.717) is 5.88 Å². The maximum absolute atomic E-state index is 5.41. The van der Waals surface area contributed by atoms with E-state index in [2.05, 4.69) is 31.8 Å². The van der Waals surface area contributed by atoms with Gasteiger partial charge in [-0.25, -0.2) is 9.97 Å². The molecule has 4 aromatic rings. The number of methoxy groups -OCH3 is 1. The van der Waals surface area contributed by atoms with Gasteiger partial charge in [0.15, 0.2) is 0 Å². The highest BCUT2D eigenvalue weighted by molar-refractivity contribution is 7.08. The Hall–Kier alpha value is -2.66. The summed E-state index contributed by atoms with van der Waals surface area (Å²) in [6, 6.07) is 8.09. The van der Waals surface area contributed by atoms with Crippen LogP contribution in [-0.2, 0) is 0 Å². The van der Waals surface area contributed by atoms with E-state index in [1.165, 1.54) is 5.56 Å². The van der Waals surface area contributed by atoms with Crippen LogP contribution in [-0.4, -0.2) is 22.1 Å². The van der Waals surface area contributed by atoms with Crippen molar-refractivity contribution < 1.29 is 4.74 Å². The normalized spacial score (nSPS) is 11.0. The first-order valence-corrected chi connectivity index (χ1v) is 7.81. The second-order valence-corrected chi connectivity index (χ2v) is 5.64. The van der Waals surface area contributed by atoms with Crippen molar-refractivity contribution in [1.29, 1.82) is 0 Å². The quantitative estimate of drug-likeness (QED) is 0.611. The smallest absolute Gasteiger partial charge is 0.221 e. The summed E-state index contributed by atoms with van der Waals surface area (Å²) in [5, 5.41) is 5.32. The van der Waals surface area contributed by atoms with Gasteiger partial charge in [-0.2, -0.15) is 11.3 Å². The van der Waals surface area contributed by atoms with Gasteiger partial charge in [0, 0.05) is 35.1 Å². The van der Waals surface area contributed by atoms with Crippen LogP contribution in [0.4, 0.5) is 0 Å². The van der Waals surface area contributed by atoms with Gasteiger partial charge >= 0.3 is 0 Å². The molecule has 0 aliphatic rings. The number of pyridine rings is 2. The van der Waals surface area contributed by atoms with Crippen molar-refractivity contribution in [3.8, 4) is 28.1 Å². The number of aromatic amines is 1.